The largest absolute Gasteiger partial charge is 0.349 e. The predicted molar refractivity (Wildman–Crippen MR) is 125 cm³/mol. The van der Waals surface area contributed by atoms with E-state index in [1.54, 1.807) is 18.3 Å². The van der Waals surface area contributed by atoms with Crippen molar-refractivity contribution in [3.63, 3.8) is 0 Å². The molecule has 1 N–H and O–H groups in total. The molecule has 1 saturated heterocycles. The minimum absolute atomic E-state index is 0.0623. The molecule has 1 saturated carbocycles. The van der Waals surface area contributed by atoms with Crippen LogP contribution in [-0.2, 0) is 16.6 Å². The number of benzene rings is 1. The highest BCUT2D eigenvalue weighted by atomic mass is 32.2. The lowest BCUT2D eigenvalue weighted by Crippen LogP contribution is -2.42. The highest BCUT2D eigenvalue weighted by Gasteiger charge is 2.28. The molecule has 2 fully saturated rings. The molecule has 2 aliphatic rings. The van der Waals surface area contributed by atoms with Gasteiger partial charge in [0.2, 0.25) is 15.5 Å². The average molecular weight is 460 g/mol. The topological polar surface area (TPSA) is 88.5 Å². The highest BCUT2D eigenvalue weighted by Crippen LogP contribution is 2.25. The lowest BCUT2D eigenvalue weighted by molar-refractivity contribution is 0.0908. The molecule has 2 aromatic rings. The monoisotopic (exact) mass is 459 g/mol. The molecule has 0 unspecified atom stereocenters. The first-order chi connectivity index (χ1) is 15.3. The zero-order valence-electron chi connectivity index (χ0n) is 19.0. The summed E-state index contributed by atoms with van der Waals surface area (Å²) >= 11 is 0. The number of aromatic nitrogens is 1. The molecule has 0 bridgehead atoms. The third-order valence-electron chi connectivity index (χ3n) is 7.02. The summed E-state index contributed by atoms with van der Waals surface area (Å²) in [5.74, 6) is 0.00462. The Morgan fingerprint density at radius 2 is 1.81 bits per heavy atom. The third kappa shape index (κ3) is 4.35. The summed E-state index contributed by atoms with van der Waals surface area (Å²) in [6, 6.07) is 4.77. The molecule has 2 atom stereocenters. The first kappa shape index (κ1) is 23.0. The van der Waals surface area contributed by atoms with Crippen molar-refractivity contribution in [3.05, 3.63) is 40.2 Å². The molecular weight excluding hydrogens is 426 g/mol. The van der Waals surface area contributed by atoms with E-state index >= 15 is 0 Å². The molecule has 4 rings (SSSR count). The molecule has 1 aromatic carbocycles. The molecule has 1 aromatic heterocycles. The van der Waals surface area contributed by atoms with Gasteiger partial charge in [-0.15, -0.1) is 0 Å². The Morgan fingerprint density at radius 1 is 1.09 bits per heavy atom. The van der Waals surface area contributed by atoms with Gasteiger partial charge < -0.3 is 9.88 Å². The Kier molecular flexibility index (Phi) is 6.72. The number of amides is 1. The fourth-order valence-corrected chi connectivity index (χ4v) is 6.54. The Bertz CT molecular complexity index is 1170. The van der Waals surface area contributed by atoms with E-state index < -0.39 is 15.5 Å². The van der Waals surface area contributed by atoms with Crippen LogP contribution in [0.15, 0.2) is 34.1 Å². The SMILES string of the molecule is CCn1cc(C(=O)N[C@@H]2CCCC[C@@H]2C)c(=O)c2cc(S(=O)(=O)N3CCCCC3)ccc21. The number of fused-ring (bicyclic) bond motifs is 1. The van der Waals surface area contributed by atoms with Crippen LogP contribution in [0.5, 0.6) is 0 Å². The van der Waals surface area contributed by atoms with Crippen molar-refractivity contribution < 1.29 is 13.2 Å². The summed E-state index contributed by atoms with van der Waals surface area (Å²) in [4.78, 5) is 26.5. The third-order valence-corrected chi connectivity index (χ3v) is 8.91. The van der Waals surface area contributed by atoms with Gasteiger partial charge >= 0.3 is 0 Å². The molecule has 32 heavy (non-hydrogen) atoms. The summed E-state index contributed by atoms with van der Waals surface area (Å²) in [7, 11) is -3.67. The van der Waals surface area contributed by atoms with Crippen LogP contribution < -0.4 is 10.7 Å². The van der Waals surface area contributed by atoms with E-state index in [1.807, 2.05) is 11.5 Å². The van der Waals surface area contributed by atoms with Crippen molar-refractivity contribution in [3.8, 4) is 0 Å². The van der Waals surface area contributed by atoms with E-state index in [9.17, 15) is 18.0 Å². The van der Waals surface area contributed by atoms with Crippen LogP contribution in [0.3, 0.4) is 0 Å². The number of sulfonamides is 1. The first-order valence-electron chi connectivity index (χ1n) is 11.8. The zero-order chi connectivity index (χ0) is 22.9. The summed E-state index contributed by atoms with van der Waals surface area (Å²) in [5, 5.41) is 3.33. The number of pyridine rings is 1. The number of rotatable bonds is 5. The number of carbonyl (C=O) groups is 1. The van der Waals surface area contributed by atoms with Crippen molar-refractivity contribution in [2.24, 2.45) is 5.92 Å². The van der Waals surface area contributed by atoms with Crippen molar-refractivity contribution in [1.29, 1.82) is 0 Å². The number of piperidine rings is 1. The molecular formula is C24H33N3O4S. The van der Waals surface area contributed by atoms with Crippen LogP contribution >= 0.6 is 0 Å². The summed E-state index contributed by atoms with van der Waals surface area (Å²) in [5.41, 5.74) is 0.295. The van der Waals surface area contributed by atoms with Crippen molar-refractivity contribution >= 4 is 26.8 Å². The molecule has 0 radical (unpaired) electrons. The Labute approximate surface area is 189 Å². The molecule has 7 nitrogen and oxygen atoms in total. The minimum Gasteiger partial charge on any atom is -0.349 e. The van der Waals surface area contributed by atoms with Crippen LogP contribution in [0.1, 0.15) is 69.2 Å². The highest BCUT2D eigenvalue weighted by molar-refractivity contribution is 7.89. The molecule has 0 spiro atoms. The molecule has 1 aliphatic carbocycles. The first-order valence-corrected chi connectivity index (χ1v) is 13.2. The molecule has 1 amide bonds. The summed E-state index contributed by atoms with van der Waals surface area (Å²) < 4.78 is 29.6. The van der Waals surface area contributed by atoms with Crippen LogP contribution in [0.2, 0.25) is 0 Å². The Balaban J connectivity index is 1.74. The second kappa shape index (κ2) is 9.35. The van der Waals surface area contributed by atoms with E-state index in [2.05, 4.69) is 12.2 Å². The van der Waals surface area contributed by atoms with Gasteiger partial charge in [-0.25, -0.2) is 8.42 Å². The van der Waals surface area contributed by atoms with Crippen LogP contribution in [-0.4, -0.2) is 42.3 Å². The van der Waals surface area contributed by atoms with E-state index in [0.717, 1.165) is 38.5 Å². The van der Waals surface area contributed by atoms with Crippen molar-refractivity contribution in [1.82, 2.24) is 14.2 Å². The van der Waals surface area contributed by atoms with Gasteiger partial charge in [-0.1, -0.05) is 26.2 Å². The number of hydrogen-bond acceptors (Lipinski definition) is 4. The maximum Gasteiger partial charge on any atom is 0.256 e. The fourth-order valence-electron chi connectivity index (χ4n) is 4.99. The minimum atomic E-state index is -3.67. The number of hydrogen-bond donors (Lipinski definition) is 1. The fraction of sp³-hybridized carbons (Fsp3) is 0.583. The van der Waals surface area contributed by atoms with Gasteiger partial charge in [0.1, 0.15) is 5.56 Å². The van der Waals surface area contributed by atoms with Gasteiger partial charge in [-0.05, 0) is 56.7 Å². The maximum atomic E-state index is 13.3. The van der Waals surface area contributed by atoms with Gasteiger partial charge in [-0.3, -0.25) is 9.59 Å². The standard InChI is InChI=1S/C24H33N3O4S/c1-3-26-16-20(24(29)25-21-10-6-5-9-17(21)2)23(28)19-15-18(11-12-22(19)26)32(30,31)27-13-7-4-8-14-27/h11-12,15-17,21H,3-10,13-14H2,1-2H3,(H,25,29)/t17-,21+/m0/s1. The number of nitrogens with one attached hydrogen (secondary N) is 1. The molecule has 174 valence electrons. The van der Waals surface area contributed by atoms with E-state index in [1.165, 1.54) is 16.8 Å². The molecule has 1 aliphatic heterocycles. The van der Waals surface area contributed by atoms with Crippen LogP contribution in [0.25, 0.3) is 10.9 Å². The van der Waals surface area contributed by atoms with E-state index in [0.29, 0.717) is 31.1 Å². The lowest BCUT2D eigenvalue weighted by atomic mass is 9.86. The van der Waals surface area contributed by atoms with Crippen molar-refractivity contribution in [2.45, 2.75) is 76.3 Å². The van der Waals surface area contributed by atoms with Crippen molar-refractivity contribution in [2.75, 3.05) is 13.1 Å². The normalized spacial score (nSPS) is 22.7. The average Bonchev–Trinajstić information content (AvgIpc) is 2.81. The van der Waals surface area contributed by atoms with Gasteiger partial charge in [0, 0.05) is 37.3 Å². The van der Waals surface area contributed by atoms with Gasteiger partial charge in [0.15, 0.2) is 0 Å². The molecule has 8 heteroatoms. The predicted octanol–water partition coefficient (Wildman–Crippen LogP) is 3.50. The van der Waals surface area contributed by atoms with Gasteiger partial charge in [-0.2, -0.15) is 4.31 Å². The van der Waals surface area contributed by atoms with E-state index in [4.69, 9.17) is 0 Å². The lowest BCUT2D eigenvalue weighted by Gasteiger charge is -2.29. The number of aryl methyl sites for hydroxylation is 1. The van der Waals surface area contributed by atoms with Gasteiger partial charge in [0.25, 0.3) is 5.91 Å². The zero-order valence-corrected chi connectivity index (χ0v) is 19.8. The Morgan fingerprint density at radius 3 is 2.50 bits per heavy atom. The van der Waals surface area contributed by atoms with Crippen LogP contribution in [0, 0.1) is 5.92 Å². The second-order valence-corrected chi connectivity index (χ2v) is 11.1. The van der Waals surface area contributed by atoms with Crippen LogP contribution in [0.4, 0.5) is 0 Å². The quantitative estimate of drug-likeness (QED) is 0.741. The molecule has 2 heterocycles. The Hall–Kier alpha value is -2.19. The summed E-state index contributed by atoms with van der Waals surface area (Å²) in [6.45, 7) is 5.64. The van der Waals surface area contributed by atoms with E-state index in [-0.39, 0.29) is 27.8 Å². The van der Waals surface area contributed by atoms with Gasteiger partial charge in [0.05, 0.1) is 10.4 Å². The summed E-state index contributed by atoms with van der Waals surface area (Å²) in [6.07, 6.45) is 8.55. The number of carbonyl (C=O) groups excluding carboxylic acids is 1. The smallest absolute Gasteiger partial charge is 0.256 e. The maximum absolute atomic E-state index is 13.3. The second-order valence-electron chi connectivity index (χ2n) is 9.14. The number of nitrogens with zero attached hydrogens (tertiary/aromatic N) is 2.